The fourth-order valence-corrected chi connectivity index (χ4v) is 2.57. The lowest BCUT2D eigenvalue weighted by atomic mass is 10.1. The number of aromatic hydroxyl groups is 1. The highest BCUT2D eigenvalue weighted by Crippen LogP contribution is 2.29. The van der Waals surface area contributed by atoms with Crippen LogP contribution in [0.4, 0.5) is 4.39 Å². The van der Waals surface area contributed by atoms with E-state index in [-0.39, 0.29) is 17.9 Å². The molecule has 0 amide bonds. The van der Waals surface area contributed by atoms with Crippen LogP contribution < -0.4 is 4.74 Å². The molecule has 0 bridgehead atoms. The Morgan fingerprint density at radius 2 is 2.27 bits per heavy atom. The summed E-state index contributed by atoms with van der Waals surface area (Å²) < 4.78 is 43.4. The van der Waals surface area contributed by atoms with E-state index >= 15 is 0 Å². The summed E-state index contributed by atoms with van der Waals surface area (Å²) in [6.45, 7) is -0.821. The fourth-order valence-electron chi connectivity index (χ4n) is 2.57. The summed E-state index contributed by atoms with van der Waals surface area (Å²) in [7, 11) is 0. The number of carbonyl (C=O) groups is 1. The van der Waals surface area contributed by atoms with Gasteiger partial charge in [-0.3, -0.25) is 14.5 Å². The smallest absolute Gasteiger partial charge is 0.157 e. The number of aromatic nitrogens is 3. The van der Waals surface area contributed by atoms with E-state index in [0.29, 0.717) is 23.2 Å². The van der Waals surface area contributed by atoms with Crippen LogP contribution >= 0.6 is 0 Å². The highest BCUT2D eigenvalue weighted by Gasteiger charge is 2.16. The van der Waals surface area contributed by atoms with E-state index in [1.807, 2.05) is 0 Å². The van der Waals surface area contributed by atoms with Crippen molar-refractivity contribution in [3.63, 3.8) is 0 Å². The van der Waals surface area contributed by atoms with E-state index in [1.165, 1.54) is 17.8 Å². The zero-order valence-electron chi connectivity index (χ0n) is 16.9. The van der Waals surface area contributed by atoms with Crippen molar-refractivity contribution in [2.75, 3.05) is 0 Å². The van der Waals surface area contributed by atoms with Gasteiger partial charge in [0, 0.05) is 40.2 Å². The molecule has 6 nitrogen and oxygen atoms in total. The number of ether oxygens (including phenoxy) is 1. The summed E-state index contributed by atoms with van der Waals surface area (Å²) in [5, 5.41) is 13.8. The number of phenolic OH excluding ortho intramolecular Hbond substituents is 1. The minimum atomic E-state index is -2.26. The number of hydrogen-bond donors (Lipinski definition) is 1. The molecule has 0 radical (unpaired) electrons. The lowest BCUT2D eigenvalue weighted by molar-refractivity contribution is 0.111. The Morgan fingerprint density at radius 1 is 1.42 bits per heavy atom. The van der Waals surface area contributed by atoms with Gasteiger partial charge in [-0.25, -0.2) is 4.39 Å². The van der Waals surface area contributed by atoms with Crippen molar-refractivity contribution in [1.82, 2.24) is 14.8 Å². The summed E-state index contributed by atoms with van der Waals surface area (Å²) in [6, 6.07) is 5.95. The maximum atomic E-state index is 13.6. The van der Waals surface area contributed by atoms with Crippen molar-refractivity contribution in [2.45, 2.75) is 26.4 Å². The molecule has 26 heavy (non-hydrogen) atoms. The minimum Gasteiger partial charge on any atom is -0.507 e. The van der Waals surface area contributed by atoms with Gasteiger partial charge in [-0.2, -0.15) is 5.10 Å². The highest BCUT2D eigenvalue weighted by molar-refractivity contribution is 5.83. The number of hydrogen-bond acceptors (Lipinski definition) is 5. The van der Waals surface area contributed by atoms with E-state index in [4.69, 9.17) is 8.85 Å². The van der Waals surface area contributed by atoms with Crippen molar-refractivity contribution >= 4 is 6.29 Å². The van der Waals surface area contributed by atoms with E-state index in [2.05, 4.69) is 10.1 Å². The van der Waals surface area contributed by atoms with Gasteiger partial charge in [0.15, 0.2) is 6.29 Å². The molecule has 7 heteroatoms. The van der Waals surface area contributed by atoms with Gasteiger partial charge in [0.05, 0.1) is 17.0 Å². The second-order valence-corrected chi connectivity index (χ2v) is 5.59. The predicted octanol–water partition coefficient (Wildman–Crippen LogP) is 3.76. The lowest BCUT2D eigenvalue weighted by Crippen LogP contribution is -2.08. The third kappa shape index (κ3) is 3.42. The minimum absolute atomic E-state index is 0.0970. The molecule has 0 saturated carbocycles. The van der Waals surface area contributed by atoms with E-state index in [1.54, 1.807) is 24.4 Å². The molecule has 134 valence electrons. The maximum absolute atomic E-state index is 13.6. The van der Waals surface area contributed by atoms with Gasteiger partial charge >= 0.3 is 0 Å². The zero-order valence-corrected chi connectivity index (χ0v) is 13.9. The van der Waals surface area contributed by atoms with Crippen molar-refractivity contribution in [2.24, 2.45) is 0 Å². The molecule has 0 fully saturated rings. The molecule has 0 saturated heterocycles. The summed E-state index contributed by atoms with van der Waals surface area (Å²) in [6.07, 6.45) is 3.40. The summed E-state index contributed by atoms with van der Waals surface area (Å²) in [5.74, 6) is -1.39. The molecule has 2 aromatic heterocycles. The molecule has 2 heterocycles. The molecule has 0 spiro atoms. The number of halogens is 1. The quantitative estimate of drug-likeness (QED) is 0.679. The largest absolute Gasteiger partial charge is 0.507 e. The van der Waals surface area contributed by atoms with E-state index in [0.717, 1.165) is 12.1 Å². The number of benzene rings is 1. The standard InChI is InChI=1S/C19H18FN3O3/c1-12(2)23-16(5-7-22-23)19-13(4-3-6-21-19)11-26-18-9-14(20)8-17(25)15(18)10-24/h3-10,12,25H,11H2,1-2H3/i1D3. The molecule has 1 aromatic carbocycles. The van der Waals surface area contributed by atoms with Crippen molar-refractivity contribution < 1.29 is 23.1 Å². The molecule has 0 aliphatic carbocycles. The van der Waals surface area contributed by atoms with Crippen molar-refractivity contribution in [3.8, 4) is 22.9 Å². The topological polar surface area (TPSA) is 77.2 Å². The van der Waals surface area contributed by atoms with Crippen LogP contribution in [-0.4, -0.2) is 26.2 Å². The molecule has 1 unspecified atom stereocenters. The average Bonchev–Trinajstić information content (AvgIpc) is 3.14. The maximum Gasteiger partial charge on any atom is 0.157 e. The number of rotatable bonds is 6. The number of phenols is 1. The predicted molar refractivity (Wildman–Crippen MR) is 93.6 cm³/mol. The SMILES string of the molecule is [2H]C([2H])([2H])C(C)n1nccc1-c1ncccc1COc1cc(F)cc(O)c1C=O. The van der Waals surface area contributed by atoms with Crippen LogP contribution in [0.5, 0.6) is 11.5 Å². The van der Waals surface area contributed by atoms with Gasteiger partial charge < -0.3 is 9.84 Å². The number of pyridine rings is 1. The monoisotopic (exact) mass is 358 g/mol. The Labute approximate surface area is 154 Å². The van der Waals surface area contributed by atoms with Gasteiger partial charge in [0.2, 0.25) is 0 Å². The summed E-state index contributed by atoms with van der Waals surface area (Å²) >= 11 is 0. The first kappa shape index (κ1) is 14.0. The van der Waals surface area contributed by atoms with Gasteiger partial charge in [0.25, 0.3) is 0 Å². The van der Waals surface area contributed by atoms with Crippen LogP contribution in [0.2, 0.25) is 0 Å². The Morgan fingerprint density at radius 3 is 3.04 bits per heavy atom. The number of nitrogens with zero attached hydrogens (tertiary/aromatic N) is 3. The summed E-state index contributed by atoms with van der Waals surface area (Å²) in [4.78, 5) is 15.5. The molecule has 1 atom stereocenters. The number of aldehydes is 1. The lowest BCUT2D eigenvalue weighted by Gasteiger charge is -2.15. The Kier molecular flexibility index (Phi) is 3.96. The highest BCUT2D eigenvalue weighted by atomic mass is 19.1. The molecular weight excluding hydrogens is 337 g/mol. The van der Waals surface area contributed by atoms with Crippen LogP contribution in [0, 0.1) is 5.82 Å². The van der Waals surface area contributed by atoms with Crippen LogP contribution in [-0.2, 0) is 6.61 Å². The zero-order chi connectivity index (χ0) is 21.2. The second-order valence-electron chi connectivity index (χ2n) is 5.59. The third-order valence-corrected chi connectivity index (χ3v) is 3.76. The average molecular weight is 358 g/mol. The van der Waals surface area contributed by atoms with Crippen LogP contribution in [0.15, 0.2) is 42.7 Å². The molecule has 3 aromatic rings. The molecule has 3 rings (SSSR count). The Hall–Kier alpha value is -3.22. The van der Waals surface area contributed by atoms with E-state index < -0.39 is 24.5 Å². The Bertz CT molecular complexity index is 1040. The molecule has 0 aliphatic rings. The fraction of sp³-hybridized carbons (Fsp3) is 0.211. The van der Waals surface area contributed by atoms with Gasteiger partial charge in [-0.15, -0.1) is 0 Å². The van der Waals surface area contributed by atoms with Crippen LogP contribution in [0.3, 0.4) is 0 Å². The first-order valence-corrected chi connectivity index (χ1v) is 7.80. The summed E-state index contributed by atoms with van der Waals surface area (Å²) in [5.41, 5.74) is 1.31. The van der Waals surface area contributed by atoms with Crippen LogP contribution in [0.25, 0.3) is 11.4 Å². The Balaban J connectivity index is 1.95. The van der Waals surface area contributed by atoms with Crippen molar-refractivity contribution in [1.29, 1.82) is 0 Å². The molecular formula is C19H18FN3O3. The van der Waals surface area contributed by atoms with E-state index in [9.17, 15) is 14.3 Å². The second kappa shape index (κ2) is 7.35. The molecule has 0 aliphatic heterocycles. The van der Waals surface area contributed by atoms with Gasteiger partial charge in [-0.1, -0.05) is 6.07 Å². The van der Waals surface area contributed by atoms with Gasteiger partial charge in [0.1, 0.15) is 23.9 Å². The van der Waals surface area contributed by atoms with Crippen LogP contribution in [0.1, 0.15) is 39.9 Å². The molecule has 1 N–H and O–H groups in total. The number of carbonyl (C=O) groups excluding carboxylic acids is 1. The first-order chi connectivity index (χ1) is 13.7. The third-order valence-electron chi connectivity index (χ3n) is 3.76. The normalized spacial score (nSPS) is 14.2. The van der Waals surface area contributed by atoms with Gasteiger partial charge in [-0.05, 0) is 25.9 Å². The first-order valence-electron chi connectivity index (χ1n) is 9.30. The van der Waals surface area contributed by atoms with Crippen molar-refractivity contribution in [3.05, 3.63) is 59.7 Å².